The maximum Gasteiger partial charge on any atom is 0.239 e. The predicted molar refractivity (Wildman–Crippen MR) is 83.2 cm³/mol. The first-order chi connectivity index (χ1) is 9.20. The summed E-state index contributed by atoms with van der Waals surface area (Å²) in [7, 11) is 0. The lowest BCUT2D eigenvalue weighted by Crippen LogP contribution is -2.42. The average Bonchev–Trinajstić information content (AvgIpc) is 2.35. The van der Waals surface area contributed by atoms with Gasteiger partial charge in [0.2, 0.25) is 11.8 Å². The maximum atomic E-state index is 11.8. The van der Waals surface area contributed by atoms with Crippen LogP contribution in [0.2, 0.25) is 0 Å². The molecular weight excluding hydrogens is 320 g/mol. The summed E-state index contributed by atoms with van der Waals surface area (Å²) in [5.41, 5.74) is 0.529. The number of benzene rings is 1. The van der Waals surface area contributed by atoms with Crippen LogP contribution in [-0.4, -0.2) is 18.4 Å². The molecular formula is C15H21BrN2O2. The minimum absolute atomic E-state index is 0.00300. The summed E-state index contributed by atoms with van der Waals surface area (Å²) in [6.45, 7) is 7.34. The van der Waals surface area contributed by atoms with Gasteiger partial charge >= 0.3 is 0 Å². The number of halogens is 1. The molecule has 1 atom stereocenters. The second kappa shape index (κ2) is 6.88. The van der Waals surface area contributed by atoms with Gasteiger partial charge < -0.3 is 10.6 Å². The molecule has 0 aliphatic heterocycles. The lowest BCUT2D eigenvalue weighted by molar-refractivity contribution is -0.131. The topological polar surface area (TPSA) is 58.2 Å². The van der Waals surface area contributed by atoms with Gasteiger partial charge in [0, 0.05) is 9.89 Å². The van der Waals surface area contributed by atoms with E-state index in [1.54, 1.807) is 0 Å². The van der Waals surface area contributed by atoms with Gasteiger partial charge in [0.1, 0.15) is 0 Å². The van der Waals surface area contributed by atoms with Crippen molar-refractivity contribution in [3.63, 3.8) is 0 Å². The van der Waals surface area contributed by atoms with Gasteiger partial charge in [-0.25, -0.2) is 0 Å². The highest BCUT2D eigenvalue weighted by molar-refractivity contribution is 9.10. The van der Waals surface area contributed by atoms with E-state index in [-0.39, 0.29) is 24.4 Å². The Bertz CT molecular complexity index is 478. The van der Waals surface area contributed by atoms with Crippen molar-refractivity contribution in [2.45, 2.75) is 33.7 Å². The zero-order valence-electron chi connectivity index (χ0n) is 12.3. The maximum absolute atomic E-state index is 11.8. The normalized spacial score (nSPS) is 12.7. The molecule has 1 aromatic carbocycles. The van der Waals surface area contributed by atoms with E-state index in [1.807, 2.05) is 52.0 Å². The summed E-state index contributed by atoms with van der Waals surface area (Å²) in [4.78, 5) is 23.5. The minimum Gasteiger partial charge on any atom is -0.348 e. The summed E-state index contributed by atoms with van der Waals surface area (Å²) < 4.78 is 0.997. The highest BCUT2D eigenvalue weighted by atomic mass is 79.9. The van der Waals surface area contributed by atoms with Crippen LogP contribution >= 0.6 is 15.9 Å². The fourth-order valence-corrected chi connectivity index (χ4v) is 1.82. The third-order valence-electron chi connectivity index (χ3n) is 2.84. The van der Waals surface area contributed by atoms with Crippen LogP contribution in [0, 0.1) is 5.41 Å². The Labute approximate surface area is 128 Å². The van der Waals surface area contributed by atoms with Crippen molar-refractivity contribution >= 4 is 27.7 Å². The van der Waals surface area contributed by atoms with E-state index in [9.17, 15) is 9.59 Å². The van der Waals surface area contributed by atoms with E-state index < -0.39 is 5.41 Å². The lowest BCUT2D eigenvalue weighted by Gasteiger charge is -2.19. The van der Waals surface area contributed by atoms with Gasteiger partial charge in [0.05, 0.1) is 12.6 Å². The first kappa shape index (κ1) is 16.7. The SMILES string of the molecule is CC(NC(=O)CNC(=O)C(C)(C)C)c1ccc(Br)cc1. The molecule has 2 amide bonds. The highest BCUT2D eigenvalue weighted by Gasteiger charge is 2.21. The molecule has 1 aromatic rings. The third-order valence-corrected chi connectivity index (χ3v) is 3.37. The Hall–Kier alpha value is -1.36. The van der Waals surface area contributed by atoms with Crippen molar-refractivity contribution in [2.24, 2.45) is 5.41 Å². The van der Waals surface area contributed by atoms with Gasteiger partial charge in [-0.05, 0) is 24.6 Å². The largest absolute Gasteiger partial charge is 0.348 e. The molecule has 0 fully saturated rings. The van der Waals surface area contributed by atoms with Crippen molar-refractivity contribution in [3.8, 4) is 0 Å². The quantitative estimate of drug-likeness (QED) is 0.885. The summed E-state index contributed by atoms with van der Waals surface area (Å²) in [6, 6.07) is 7.66. The monoisotopic (exact) mass is 340 g/mol. The van der Waals surface area contributed by atoms with Gasteiger partial charge in [-0.2, -0.15) is 0 Å². The van der Waals surface area contributed by atoms with Gasteiger partial charge in [-0.1, -0.05) is 48.8 Å². The highest BCUT2D eigenvalue weighted by Crippen LogP contribution is 2.16. The summed E-state index contributed by atoms with van der Waals surface area (Å²) in [5, 5.41) is 5.48. The molecule has 5 heteroatoms. The molecule has 0 radical (unpaired) electrons. The smallest absolute Gasteiger partial charge is 0.239 e. The van der Waals surface area contributed by atoms with Crippen molar-refractivity contribution in [1.82, 2.24) is 10.6 Å². The van der Waals surface area contributed by atoms with Gasteiger partial charge in [-0.3, -0.25) is 9.59 Å². The van der Waals surface area contributed by atoms with Crippen molar-refractivity contribution in [2.75, 3.05) is 6.54 Å². The molecule has 0 aromatic heterocycles. The van der Waals surface area contributed by atoms with Crippen molar-refractivity contribution in [3.05, 3.63) is 34.3 Å². The number of carbonyl (C=O) groups excluding carboxylic acids is 2. The Morgan fingerprint density at radius 3 is 2.25 bits per heavy atom. The van der Waals surface area contributed by atoms with Crippen LogP contribution in [0.4, 0.5) is 0 Å². The molecule has 110 valence electrons. The molecule has 0 aliphatic carbocycles. The van der Waals surface area contributed by atoms with Crippen molar-refractivity contribution < 1.29 is 9.59 Å². The van der Waals surface area contributed by atoms with Crippen LogP contribution in [0.5, 0.6) is 0 Å². The fraction of sp³-hybridized carbons (Fsp3) is 0.467. The van der Waals surface area contributed by atoms with Crippen LogP contribution < -0.4 is 10.6 Å². The Kier molecular flexibility index (Phi) is 5.74. The Morgan fingerprint density at radius 1 is 1.20 bits per heavy atom. The van der Waals surface area contributed by atoms with Crippen LogP contribution in [-0.2, 0) is 9.59 Å². The number of hydrogen-bond acceptors (Lipinski definition) is 2. The van der Waals surface area contributed by atoms with Gasteiger partial charge in [0.25, 0.3) is 0 Å². The fourth-order valence-electron chi connectivity index (χ4n) is 1.55. The molecule has 0 aliphatic rings. The van der Waals surface area contributed by atoms with E-state index >= 15 is 0 Å². The first-order valence-electron chi connectivity index (χ1n) is 6.53. The Balaban J connectivity index is 2.46. The second-order valence-corrected chi connectivity index (χ2v) is 6.69. The minimum atomic E-state index is -0.488. The van der Waals surface area contributed by atoms with Crippen molar-refractivity contribution in [1.29, 1.82) is 0 Å². The Morgan fingerprint density at radius 2 is 1.75 bits per heavy atom. The lowest BCUT2D eigenvalue weighted by atomic mass is 9.96. The first-order valence-corrected chi connectivity index (χ1v) is 7.32. The number of amides is 2. The molecule has 0 spiro atoms. The molecule has 0 saturated carbocycles. The summed E-state index contributed by atoms with van der Waals surface area (Å²) in [6.07, 6.45) is 0. The van der Waals surface area contributed by atoms with Crippen LogP contribution in [0.15, 0.2) is 28.7 Å². The molecule has 1 rings (SSSR count). The molecule has 4 nitrogen and oxygen atoms in total. The van der Waals surface area contributed by atoms with Crippen LogP contribution in [0.25, 0.3) is 0 Å². The number of nitrogens with one attached hydrogen (secondary N) is 2. The number of hydrogen-bond donors (Lipinski definition) is 2. The van der Waals surface area contributed by atoms with E-state index in [2.05, 4.69) is 26.6 Å². The molecule has 0 saturated heterocycles. The molecule has 0 bridgehead atoms. The van der Waals surface area contributed by atoms with Crippen LogP contribution in [0.1, 0.15) is 39.3 Å². The standard InChI is InChI=1S/C15H21BrN2O2/c1-10(11-5-7-12(16)8-6-11)18-13(19)9-17-14(20)15(2,3)4/h5-8,10H,9H2,1-4H3,(H,17,20)(H,18,19). The van der Waals surface area contributed by atoms with E-state index in [0.29, 0.717) is 0 Å². The molecule has 20 heavy (non-hydrogen) atoms. The number of rotatable bonds is 4. The summed E-state index contributed by atoms with van der Waals surface area (Å²) in [5.74, 6) is -0.332. The van der Waals surface area contributed by atoms with E-state index in [1.165, 1.54) is 0 Å². The molecule has 2 N–H and O–H groups in total. The zero-order chi connectivity index (χ0) is 15.3. The molecule has 0 heterocycles. The summed E-state index contributed by atoms with van der Waals surface area (Å²) >= 11 is 3.37. The number of carbonyl (C=O) groups is 2. The molecule has 1 unspecified atom stereocenters. The van der Waals surface area contributed by atoms with Gasteiger partial charge in [-0.15, -0.1) is 0 Å². The second-order valence-electron chi connectivity index (χ2n) is 5.77. The third kappa shape index (κ3) is 5.33. The average molecular weight is 341 g/mol. The van der Waals surface area contributed by atoms with Gasteiger partial charge in [0.15, 0.2) is 0 Å². The zero-order valence-corrected chi connectivity index (χ0v) is 13.9. The van der Waals surface area contributed by atoms with E-state index in [4.69, 9.17) is 0 Å². The predicted octanol–water partition coefficient (Wildman–Crippen LogP) is 2.79. The van der Waals surface area contributed by atoms with E-state index in [0.717, 1.165) is 10.0 Å². The van der Waals surface area contributed by atoms with Crippen LogP contribution in [0.3, 0.4) is 0 Å².